The first-order valence-electron chi connectivity index (χ1n) is 7.75. The van der Waals surface area contributed by atoms with Gasteiger partial charge in [0.2, 0.25) is 11.9 Å². The average molecular weight is 355 g/mol. The van der Waals surface area contributed by atoms with E-state index in [0.717, 1.165) is 11.1 Å². The van der Waals surface area contributed by atoms with Crippen molar-refractivity contribution in [2.24, 2.45) is 0 Å². The maximum absolute atomic E-state index is 11.8. The number of esters is 1. The van der Waals surface area contributed by atoms with E-state index in [4.69, 9.17) is 4.74 Å². The molecule has 0 aliphatic heterocycles. The number of carbonyl (C=O) groups excluding carboxylic acids is 1. The fourth-order valence-corrected chi connectivity index (χ4v) is 2.43. The molecule has 0 amide bonds. The van der Waals surface area contributed by atoms with Gasteiger partial charge in [0.05, 0.1) is 37.5 Å². The summed E-state index contributed by atoms with van der Waals surface area (Å²) in [4.78, 5) is 38.7. The highest BCUT2D eigenvalue weighted by molar-refractivity contribution is 5.83. The molecule has 0 bridgehead atoms. The molecular weight excluding hydrogens is 338 g/mol. The minimum atomic E-state index is -0.485. The zero-order valence-corrected chi connectivity index (χ0v) is 14.5. The minimum Gasteiger partial charge on any atom is -0.497 e. The smallest absolute Gasteiger partial charge is 0.311 e. The number of hydrogen-bond acceptors (Lipinski definition) is 8. The number of benzene rings is 1. The van der Waals surface area contributed by atoms with Crippen molar-refractivity contribution in [3.8, 4) is 5.75 Å². The lowest BCUT2D eigenvalue weighted by atomic mass is 10.2. The molecule has 0 saturated carbocycles. The molecule has 3 rings (SSSR count). The number of ether oxygens (including phenoxy) is 2. The van der Waals surface area contributed by atoms with E-state index in [0.29, 0.717) is 11.3 Å². The summed E-state index contributed by atoms with van der Waals surface area (Å²) < 4.78 is 9.80. The number of aromatic nitrogens is 4. The number of anilines is 2. The van der Waals surface area contributed by atoms with E-state index >= 15 is 0 Å². The van der Waals surface area contributed by atoms with Gasteiger partial charge in [-0.15, -0.1) is 0 Å². The molecule has 2 aromatic heterocycles. The van der Waals surface area contributed by atoms with Gasteiger partial charge in [0.25, 0.3) is 5.56 Å². The van der Waals surface area contributed by atoms with Crippen molar-refractivity contribution in [3.05, 3.63) is 46.0 Å². The molecule has 9 nitrogen and oxygen atoms in total. The van der Waals surface area contributed by atoms with Crippen LogP contribution in [0.25, 0.3) is 10.9 Å². The number of aromatic amines is 1. The van der Waals surface area contributed by atoms with E-state index in [1.54, 1.807) is 13.2 Å². The molecule has 0 unspecified atom stereocenters. The molecule has 0 aliphatic rings. The van der Waals surface area contributed by atoms with Crippen molar-refractivity contribution in [1.82, 2.24) is 19.9 Å². The largest absolute Gasteiger partial charge is 0.497 e. The number of hydrogen-bond donors (Lipinski definition) is 2. The van der Waals surface area contributed by atoms with Crippen LogP contribution < -0.4 is 15.6 Å². The fraction of sp³-hybridized carbons (Fsp3) is 0.235. The Bertz CT molecular complexity index is 1030. The van der Waals surface area contributed by atoms with Gasteiger partial charge in [0.1, 0.15) is 5.75 Å². The van der Waals surface area contributed by atoms with Crippen LogP contribution in [-0.4, -0.2) is 40.1 Å². The number of fused-ring (bicyclic) bond motifs is 1. The highest BCUT2D eigenvalue weighted by Crippen LogP contribution is 2.23. The number of rotatable bonds is 5. The summed E-state index contributed by atoms with van der Waals surface area (Å²) in [6, 6.07) is 6.71. The van der Waals surface area contributed by atoms with Crippen LogP contribution in [0.1, 0.15) is 11.4 Å². The summed E-state index contributed by atoms with van der Waals surface area (Å²) >= 11 is 0. The quantitative estimate of drug-likeness (QED) is 0.661. The first-order valence-corrected chi connectivity index (χ1v) is 7.75. The first kappa shape index (κ1) is 17.3. The number of nitrogens with one attached hydrogen (secondary N) is 2. The molecule has 3 aromatic rings. The third-order valence-corrected chi connectivity index (χ3v) is 3.67. The van der Waals surface area contributed by atoms with E-state index in [9.17, 15) is 9.59 Å². The highest BCUT2D eigenvalue weighted by atomic mass is 16.5. The number of H-pyrrole nitrogens is 1. The van der Waals surface area contributed by atoms with Crippen molar-refractivity contribution in [3.63, 3.8) is 0 Å². The van der Waals surface area contributed by atoms with Crippen LogP contribution in [0, 0.1) is 6.92 Å². The number of aryl methyl sites for hydroxylation is 1. The molecule has 1 aromatic carbocycles. The molecule has 0 saturated heterocycles. The number of methoxy groups -OCH3 is 2. The average Bonchev–Trinajstić information content (AvgIpc) is 2.61. The maximum Gasteiger partial charge on any atom is 0.311 e. The molecule has 2 heterocycles. The summed E-state index contributed by atoms with van der Waals surface area (Å²) in [5.74, 6) is 0.648. The summed E-state index contributed by atoms with van der Waals surface area (Å²) in [7, 11) is 2.87. The Labute approximate surface area is 148 Å². The van der Waals surface area contributed by atoms with Crippen LogP contribution in [-0.2, 0) is 16.0 Å². The van der Waals surface area contributed by atoms with Gasteiger partial charge < -0.3 is 9.47 Å². The third-order valence-electron chi connectivity index (χ3n) is 3.67. The van der Waals surface area contributed by atoms with E-state index in [1.165, 1.54) is 13.2 Å². The van der Waals surface area contributed by atoms with E-state index in [1.807, 2.05) is 19.1 Å². The number of carbonyl (C=O) groups is 1. The molecular formula is C17H17N5O4. The molecule has 0 spiro atoms. The standard InChI is InChI=1S/C17H17N5O4/c1-9-12-8-11(25-2)4-5-13(12)20-16(18-9)22-17-19-10(6-14(23)21-17)7-15(24)26-3/h4-6,8H,7H2,1-3H3,(H2,18,19,20,21,22,23). The van der Waals surface area contributed by atoms with Gasteiger partial charge in [-0.3, -0.25) is 19.9 Å². The SMILES string of the molecule is COC(=O)Cc1cc(=O)[nH]c(Nc2nc(C)c3cc(OC)ccc3n2)n1. The van der Waals surface area contributed by atoms with Gasteiger partial charge in [0, 0.05) is 11.5 Å². The molecule has 0 fully saturated rings. The van der Waals surface area contributed by atoms with Gasteiger partial charge in [-0.1, -0.05) is 0 Å². The Balaban J connectivity index is 1.93. The summed E-state index contributed by atoms with van der Waals surface area (Å²) in [5, 5.41) is 3.72. The molecule has 0 atom stereocenters. The first-order chi connectivity index (χ1) is 12.5. The lowest BCUT2D eigenvalue weighted by Crippen LogP contribution is -2.15. The van der Waals surface area contributed by atoms with Gasteiger partial charge >= 0.3 is 5.97 Å². The van der Waals surface area contributed by atoms with Crippen molar-refractivity contribution in [1.29, 1.82) is 0 Å². The molecule has 0 aliphatic carbocycles. The van der Waals surface area contributed by atoms with E-state index in [-0.39, 0.29) is 24.0 Å². The highest BCUT2D eigenvalue weighted by Gasteiger charge is 2.10. The lowest BCUT2D eigenvalue weighted by molar-refractivity contribution is -0.139. The third kappa shape index (κ3) is 3.77. The maximum atomic E-state index is 11.8. The lowest BCUT2D eigenvalue weighted by Gasteiger charge is -2.09. The van der Waals surface area contributed by atoms with Crippen LogP contribution >= 0.6 is 0 Å². The summed E-state index contributed by atoms with van der Waals surface area (Å²) in [6.45, 7) is 1.85. The fourth-order valence-electron chi connectivity index (χ4n) is 2.43. The predicted molar refractivity (Wildman–Crippen MR) is 94.7 cm³/mol. The Morgan fingerprint density at radius 2 is 2.00 bits per heavy atom. The Kier molecular flexibility index (Phi) is 4.78. The summed E-state index contributed by atoms with van der Waals surface area (Å²) in [6.07, 6.45) is -0.105. The van der Waals surface area contributed by atoms with Crippen molar-refractivity contribution < 1.29 is 14.3 Å². The Hall–Kier alpha value is -3.49. The Morgan fingerprint density at radius 3 is 2.73 bits per heavy atom. The van der Waals surface area contributed by atoms with Crippen LogP contribution in [0.3, 0.4) is 0 Å². The van der Waals surface area contributed by atoms with Crippen molar-refractivity contribution in [2.75, 3.05) is 19.5 Å². The Morgan fingerprint density at radius 1 is 1.19 bits per heavy atom. The van der Waals surface area contributed by atoms with E-state index in [2.05, 4.69) is 30.0 Å². The monoisotopic (exact) mass is 355 g/mol. The topological polar surface area (TPSA) is 119 Å². The van der Waals surface area contributed by atoms with Gasteiger partial charge in [0.15, 0.2) is 0 Å². The van der Waals surface area contributed by atoms with Gasteiger partial charge in [-0.2, -0.15) is 0 Å². The van der Waals surface area contributed by atoms with Crippen LogP contribution in [0.5, 0.6) is 5.75 Å². The second kappa shape index (κ2) is 7.18. The minimum absolute atomic E-state index is 0.105. The zero-order valence-electron chi connectivity index (χ0n) is 14.5. The number of nitrogens with zero attached hydrogens (tertiary/aromatic N) is 3. The second-order valence-electron chi connectivity index (χ2n) is 5.48. The normalized spacial score (nSPS) is 10.6. The summed E-state index contributed by atoms with van der Waals surface area (Å²) in [5.41, 5.74) is 1.34. The van der Waals surface area contributed by atoms with Crippen LogP contribution in [0.4, 0.5) is 11.9 Å². The van der Waals surface area contributed by atoms with Gasteiger partial charge in [-0.05, 0) is 25.1 Å². The molecule has 2 N–H and O–H groups in total. The second-order valence-corrected chi connectivity index (χ2v) is 5.48. The van der Waals surface area contributed by atoms with Crippen molar-refractivity contribution >= 4 is 28.8 Å². The molecule has 26 heavy (non-hydrogen) atoms. The molecule has 134 valence electrons. The van der Waals surface area contributed by atoms with Gasteiger partial charge in [-0.25, -0.2) is 15.0 Å². The van der Waals surface area contributed by atoms with Crippen LogP contribution in [0.2, 0.25) is 0 Å². The van der Waals surface area contributed by atoms with Crippen LogP contribution in [0.15, 0.2) is 29.1 Å². The van der Waals surface area contributed by atoms with Crippen molar-refractivity contribution in [2.45, 2.75) is 13.3 Å². The molecule has 0 radical (unpaired) electrons. The molecule has 9 heteroatoms. The predicted octanol–water partition coefficient (Wildman–Crippen LogP) is 1.49. The zero-order chi connectivity index (χ0) is 18.7. The van der Waals surface area contributed by atoms with E-state index < -0.39 is 11.5 Å².